The summed E-state index contributed by atoms with van der Waals surface area (Å²) >= 11 is 2.12. The molecule has 2 aliphatic rings. The fraction of sp³-hybridized carbons (Fsp3) is 1.00. The molecule has 88 valence electrons. The molecule has 0 aromatic carbocycles. The Morgan fingerprint density at radius 2 is 2.27 bits per heavy atom. The lowest BCUT2D eigenvalue weighted by atomic mass is 10.1. The summed E-state index contributed by atoms with van der Waals surface area (Å²) < 4.78 is 0. The molecule has 1 aliphatic carbocycles. The Hall–Kier alpha value is 0.270. The van der Waals surface area contributed by atoms with Gasteiger partial charge >= 0.3 is 0 Å². The average Bonchev–Trinajstić information content (AvgIpc) is 2.65. The highest BCUT2D eigenvalue weighted by atomic mass is 32.2. The molecule has 15 heavy (non-hydrogen) atoms. The maximum Gasteiger partial charge on any atom is 0.0580 e. The molecular formula is C12H23NOS. The summed E-state index contributed by atoms with van der Waals surface area (Å²) in [5.74, 6) is 1.84. The molecule has 1 N–H and O–H groups in total. The summed E-state index contributed by atoms with van der Waals surface area (Å²) in [5.41, 5.74) is 0. The van der Waals surface area contributed by atoms with Crippen molar-refractivity contribution in [2.45, 2.75) is 44.0 Å². The fourth-order valence-electron chi connectivity index (χ4n) is 2.76. The Morgan fingerprint density at radius 1 is 1.40 bits per heavy atom. The quantitative estimate of drug-likeness (QED) is 0.800. The molecule has 0 aromatic rings. The molecule has 1 saturated carbocycles. The maximum absolute atomic E-state index is 9.81. The minimum Gasteiger partial charge on any atom is -0.393 e. The van der Waals surface area contributed by atoms with E-state index in [1.54, 1.807) is 0 Å². The van der Waals surface area contributed by atoms with E-state index in [1.165, 1.54) is 38.1 Å². The van der Waals surface area contributed by atoms with Crippen molar-refractivity contribution in [1.29, 1.82) is 0 Å². The van der Waals surface area contributed by atoms with Crippen LogP contribution in [0.4, 0.5) is 0 Å². The lowest BCUT2D eigenvalue weighted by Gasteiger charge is -2.34. The van der Waals surface area contributed by atoms with Crippen molar-refractivity contribution in [2.24, 2.45) is 5.92 Å². The van der Waals surface area contributed by atoms with Gasteiger partial charge in [-0.3, -0.25) is 0 Å². The van der Waals surface area contributed by atoms with Crippen LogP contribution in [0.2, 0.25) is 0 Å². The summed E-state index contributed by atoms with van der Waals surface area (Å²) in [6, 6.07) is 0. The van der Waals surface area contributed by atoms with E-state index in [1.807, 2.05) is 0 Å². The van der Waals surface area contributed by atoms with Crippen LogP contribution in [-0.2, 0) is 0 Å². The van der Waals surface area contributed by atoms with Crippen LogP contribution >= 0.6 is 11.8 Å². The van der Waals surface area contributed by atoms with Crippen LogP contribution in [0.25, 0.3) is 0 Å². The van der Waals surface area contributed by atoms with Crippen molar-refractivity contribution in [1.82, 2.24) is 4.90 Å². The van der Waals surface area contributed by atoms with Crippen molar-refractivity contribution in [3.8, 4) is 0 Å². The number of rotatable bonds is 3. The molecule has 1 heterocycles. The minimum absolute atomic E-state index is 0.0142. The molecule has 2 fully saturated rings. The topological polar surface area (TPSA) is 23.5 Å². The number of thioether (sulfide) groups is 1. The zero-order valence-electron chi connectivity index (χ0n) is 9.69. The van der Waals surface area contributed by atoms with Gasteiger partial charge in [-0.05, 0) is 25.2 Å². The number of nitrogens with zero attached hydrogens (tertiary/aromatic N) is 1. The molecule has 3 atom stereocenters. The molecule has 3 heteroatoms. The third-order valence-corrected chi connectivity index (χ3v) is 5.16. The molecule has 1 saturated heterocycles. The largest absolute Gasteiger partial charge is 0.393 e. The van der Waals surface area contributed by atoms with Crippen LogP contribution in [0.3, 0.4) is 0 Å². The zero-order valence-corrected chi connectivity index (χ0v) is 10.5. The first-order valence-corrected chi connectivity index (χ1v) is 7.36. The van der Waals surface area contributed by atoms with E-state index in [2.05, 4.69) is 23.6 Å². The third kappa shape index (κ3) is 3.11. The zero-order chi connectivity index (χ0) is 10.7. The third-order valence-electron chi connectivity index (χ3n) is 3.79. The normalized spacial score (nSPS) is 38.4. The van der Waals surface area contributed by atoms with Crippen LogP contribution in [-0.4, -0.2) is 46.7 Å². The first kappa shape index (κ1) is 11.7. The van der Waals surface area contributed by atoms with Gasteiger partial charge in [0.1, 0.15) is 0 Å². The van der Waals surface area contributed by atoms with Gasteiger partial charge in [0.05, 0.1) is 6.10 Å². The Balaban J connectivity index is 1.78. The van der Waals surface area contributed by atoms with Crippen molar-refractivity contribution in [3.63, 3.8) is 0 Å². The summed E-state index contributed by atoms with van der Waals surface area (Å²) in [6.45, 7) is 5.89. The monoisotopic (exact) mass is 229 g/mol. The summed E-state index contributed by atoms with van der Waals surface area (Å²) in [5, 5.41) is 10.6. The Labute approximate surface area is 97.4 Å². The van der Waals surface area contributed by atoms with Gasteiger partial charge in [0, 0.05) is 30.6 Å². The smallest absolute Gasteiger partial charge is 0.0580 e. The van der Waals surface area contributed by atoms with E-state index >= 15 is 0 Å². The standard InChI is InChI=1S/C12H23NOS/c1-2-11-9-13(6-7-15-11)8-10-4-3-5-12(10)14/h10-12,14H,2-9H2,1H3. The lowest BCUT2D eigenvalue weighted by Crippen LogP contribution is -2.41. The molecule has 0 radical (unpaired) electrons. The van der Waals surface area contributed by atoms with E-state index in [0.29, 0.717) is 5.92 Å². The number of aliphatic hydroxyl groups is 1. The molecule has 0 spiro atoms. The molecule has 2 nitrogen and oxygen atoms in total. The van der Waals surface area contributed by atoms with Crippen LogP contribution < -0.4 is 0 Å². The molecule has 0 aromatic heterocycles. The Morgan fingerprint density at radius 3 is 2.93 bits per heavy atom. The van der Waals surface area contributed by atoms with E-state index in [9.17, 15) is 5.11 Å². The first-order valence-electron chi connectivity index (χ1n) is 6.31. The molecule has 2 rings (SSSR count). The molecule has 1 aliphatic heterocycles. The Kier molecular flexibility index (Phi) is 4.35. The second-order valence-corrected chi connectivity index (χ2v) is 6.33. The van der Waals surface area contributed by atoms with Crippen molar-refractivity contribution in [3.05, 3.63) is 0 Å². The predicted octanol–water partition coefficient (Wildman–Crippen LogP) is 1.97. The number of aliphatic hydroxyl groups excluding tert-OH is 1. The summed E-state index contributed by atoms with van der Waals surface area (Å²) in [7, 11) is 0. The van der Waals surface area contributed by atoms with Crippen LogP contribution in [0, 0.1) is 5.92 Å². The summed E-state index contributed by atoms with van der Waals surface area (Å²) in [6.07, 6.45) is 4.77. The van der Waals surface area contributed by atoms with Gasteiger partial charge in [0.15, 0.2) is 0 Å². The summed E-state index contributed by atoms with van der Waals surface area (Å²) in [4.78, 5) is 2.57. The van der Waals surface area contributed by atoms with Crippen LogP contribution in [0.1, 0.15) is 32.6 Å². The van der Waals surface area contributed by atoms with Gasteiger partial charge in [0.2, 0.25) is 0 Å². The minimum atomic E-state index is -0.0142. The van der Waals surface area contributed by atoms with Crippen LogP contribution in [0.5, 0.6) is 0 Å². The van der Waals surface area contributed by atoms with Gasteiger partial charge in [-0.25, -0.2) is 0 Å². The maximum atomic E-state index is 9.81. The second-order valence-electron chi connectivity index (χ2n) is 4.92. The molecular weight excluding hydrogens is 206 g/mol. The SMILES string of the molecule is CCC1CN(CC2CCCC2O)CCS1. The molecule has 3 unspecified atom stereocenters. The highest BCUT2D eigenvalue weighted by Gasteiger charge is 2.28. The average molecular weight is 229 g/mol. The van der Waals surface area contributed by atoms with E-state index in [0.717, 1.165) is 18.2 Å². The van der Waals surface area contributed by atoms with E-state index in [-0.39, 0.29) is 6.10 Å². The lowest BCUT2D eigenvalue weighted by molar-refractivity contribution is 0.103. The van der Waals surface area contributed by atoms with E-state index in [4.69, 9.17) is 0 Å². The second kappa shape index (κ2) is 5.55. The van der Waals surface area contributed by atoms with Gasteiger partial charge in [-0.15, -0.1) is 0 Å². The van der Waals surface area contributed by atoms with Crippen molar-refractivity contribution >= 4 is 11.8 Å². The fourth-order valence-corrected chi connectivity index (χ4v) is 4.00. The molecule has 0 amide bonds. The number of hydrogen-bond donors (Lipinski definition) is 1. The number of hydrogen-bond acceptors (Lipinski definition) is 3. The van der Waals surface area contributed by atoms with Crippen molar-refractivity contribution < 1.29 is 5.11 Å². The predicted molar refractivity (Wildman–Crippen MR) is 66.3 cm³/mol. The molecule has 0 bridgehead atoms. The van der Waals surface area contributed by atoms with Crippen molar-refractivity contribution in [2.75, 3.05) is 25.4 Å². The van der Waals surface area contributed by atoms with E-state index < -0.39 is 0 Å². The first-order chi connectivity index (χ1) is 7.29. The Bertz CT molecular complexity index is 200. The van der Waals surface area contributed by atoms with Gasteiger partial charge in [-0.1, -0.05) is 13.3 Å². The highest BCUT2D eigenvalue weighted by molar-refractivity contribution is 8.00. The van der Waals surface area contributed by atoms with Gasteiger partial charge < -0.3 is 10.0 Å². The highest BCUT2D eigenvalue weighted by Crippen LogP contribution is 2.28. The van der Waals surface area contributed by atoms with Gasteiger partial charge in [-0.2, -0.15) is 11.8 Å². The van der Waals surface area contributed by atoms with Gasteiger partial charge in [0.25, 0.3) is 0 Å². The van der Waals surface area contributed by atoms with Crippen LogP contribution in [0.15, 0.2) is 0 Å².